The molecule has 1 aromatic carbocycles. The Morgan fingerprint density at radius 1 is 1.36 bits per heavy atom. The number of hydrogen-bond donors (Lipinski definition) is 0. The van der Waals surface area contributed by atoms with Crippen LogP contribution in [0.15, 0.2) is 18.2 Å². The van der Waals surface area contributed by atoms with E-state index in [1.165, 1.54) is 11.1 Å². The van der Waals surface area contributed by atoms with Crippen molar-refractivity contribution in [2.75, 3.05) is 0 Å². The van der Waals surface area contributed by atoms with Gasteiger partial charge in [-0.1, -0.05) is 53.5 Å². The van der Waals surface area contributed by atoms with Crippen LogP contribution >= 0.6 is 27.5 Å². The van der Waals surface area contributed by atoms with Crippen molar-refractivity contribution in [1.82, 2.24) is 0 Å². The summed E-state index contributed by atoms with van der Waals surface area (Å²) in [6, 6.07) is 6.27. The van der Waals surface area contributed by atoms with Gasteiger partial charge in [-0.25, -0.2) is 0 Å². The summed E-state index contributed by atoms with van der Waals surface area (Å²) in [5.41, 5.74) is 2.53. The Kier molecular flexibility index (Phi) is 4.46. The molecule has 0 saturated heterocycles. The number of aryl methyl sites for hydroxylation is 1. The molecule has 78 valence electrons. The Bertz CT molecular complexity index is 307. The van der Waals surface area contributed by atoms with Crippen molar-refractivity contribution in [3.05, 3.63) is 34.3 Å². The lowest BCUT2D eigenvalue weighted by atomic mass is 9.98. The first-order valence-electron chi connectivity index (χ1n) is 4.90. The van der Waals surface area contributed by atoms with Gasteiger partial charge in [0.2, 0.25) is 0 Å². The summed E-state index contributed by atoms with van der Waals surface area (Å²) in [6.45, 7) is 6.49. The van der Waals surface area contributed by atoms with Crippen molar-refractivity contribution < 1.29 is 0 Å². The maximum absolute atomic E-state index is 5.97. The molecular weight excluding hydrogens is 259 g/mol. The van der Waals surface area contributed by atoms with E-state index in [1.807, 2.05) is 13.0 Å². The van der Waals surface area contributed by atoms with Crippen LogP contribution in [0.2, 0.25) is 5.02 Å². The average Bonchev–Trinajstić information content (AvgIpc) is 2.11. The first-order valence-corrected chi connectivity index (χ1v) is 6.19. The Balaban J connectivity index is 2.73. The smallest absolute Gasteiger partial charge is 0.0435 e. The van der Waals surface area contributed by atoms with Crippen molar-refractivity contribution in [2.24, 2.45) is 5.92 Å². The van der Waals surface area contributed by atoms with Crippen LogP contribution in [0.4, 0.5) is 0 Å². The minimum Gasteiger partial charge on any atom is -0.0891 e. The molecule has 1 aromatic rings. The fourth-order valence-corrected chi connectivity index (χ4v) is 1.67. The molecule has 0 spiro atoms. The highest BCUT2D eigenvalue weighted by Gasteiger charge is 2.09. The Labute approximate surface area is 99.8 Å². The summed E-state index contributed by atoms with van der Waals surface area (Å²) in [6.07, 6.45) is 1.10. The van der Waals surface area contributed by atoms with Crippen molar-refractivity contribution in [3.8, 4) is 0 Å². The van der Waals surface area contributed by atoms with Crippen LogP contribution in [0, 0.1) is 12.8 Å². The van der Waals surface area contributed by atoms with Crippen LogP contribution in [-0.4, -0.2) is 4.83 Å². The Hall–Kier alpha value is -0.0100. The molecule has 0 heterocycles. The van der Waals surface area contributed by atoms with Crippen LogP contribution in [0.1, 0.15) is 25.0 Å². The molecule has 2 atom stereocenters. The van der Waals surface area contributed by atoms with Crippen LogP contribution in [0.25, 0.3) is 0 Å². The van der Waals surface area contributed by atoms with Crippen LogP contribution in [0.3, 0.4) is 0 Å². The van der Waals surface area contributed by atoms with Gasteiger partial charge in [0, 0.05) is 9.85 Å². The fourth-order valence-electron chi connectivity index (χ4n) is 1.37. The van der Waals surface area contributed by atoms with Crippen molar-refractivity contribution >= 4 is 27.5 Å². The van der Waals surface area contributed by atoms with Gasteiger partial charge in [-0.05, 0) is 36.5 Å². The first-order chi connectivity index (χ1) is 6.50. The Morgan fingerprint density at radius 3 is 2.50 bits per heavy atom. The molecule has 0 radical (unpaired) electrons. The minimum atomic E-state index is 0.554. The molecule has 0 aliphatic rings. The average molecular weight is 276 g/mol. The van der Waals surface area contributed by atoms with Crippen LogP contribution in [0.5, 0.6) is 0 Å². The molecule has 0 N–H and O–H groups in total. The molecule has 0 fully saturated rings. The molecule has 0 saturated carbocycles. The minimum absolute atomic E-state index is 0.554. The van der Waals surface area contributed by atoms with E-state index in [0.717, 1.165) is 11.4 Å². The lowest BCUT2D eigenvalue weighted by Gasteiger charge is -2.14. The summed E-state index contributed by atoms with van der Waals surface area (Å²) in [7, 11) is 0. The van der Waals surface area contributed by atoms with Crippen molar-refractivity contribution in [1.29, 1.82) is 0 Å². The van der Waals surface area contributed by atoms with Gasteiger partial charge < -0.3 is 0 Å². The quantitative estimate of drug-likeness (QED) is 0.707. The third kappa shape index (κ3) is 3.29. The van der Waals surface area contributed by atoms with E-state index in [2.05, 4.69) is 41.9 Å². The predicted molar refractivity (Wildman–Crippen MR) is 67.4 cm³/mol. The summed E-state index contributed by atoms with van der Waals surface area (Å²) >= 11 is 9.57. The number of rotatable bonds is 3. The third-order valence-corrected chi connectivity index (χ3v) is 3.89. The largest absolute Gasteiger partial charge is 0.0891 e. The highest BCUT2D eigenvalue weighted by molar-refractivity contribution is 9.09. The van der Waals surface area contributed by atoms with E-state index >= 15 is 0 Å². The second kappa shape index (κ2) is 5.18. The molecule has 1 rings (SSSR count). The van der Waals surface area contributed by atoms with Gasteiger partial charge in [-0.2, -0.15) is 0 Å². The summed E-state index contributed by atoms with van der Waals surface area (Å²) in [5.74, 6) is 0.649. The topological polar surface area (TPSA) is 0 Å². The van der Waals surface area contributed by atoms with Gasteiger partial charge >= 0.3 is 0 Å². The van der Waals surface area contributed by atoms with Gasteiger partial charge in [0.1, 0.15) is 0 Å². The Morgan fingerprint density at radius 2 is 2.00 bits per heavy atom. The standard InChI is InChI=1S/C12H16BrCl/c1-8(10(3)13)6-11-4-5-12(14)9(2)7-11/h4-5,7-8,10H,6H2,1-3H3. The SMILES string of the molecule is Cc1cc(CC(C)C(C)Br)ccc1Cl. The molecule has 0 amide bonds. The number of hydrogen-bond acceptors (Lipinski definition) is 0. The van der Waals surface area contributed by atoms with Gasteiger partial charge in [0.05, 0.1) is 0 Å². The van der Waals surface area contributed by atoms with Crippen LogP contribution < -0.4 is 0 Å². The maximum atomic E-state index is 5.97. The van der Waals surface area contributed by atoms with E-state index in [4.69, 9.17) is 11.6 Å². The monoisotopic (exact) mass is 274 g/mol. The lowest BCUT2D eigenvalue weighted by molar-refractivity contribution is 0.581. The van der Waals surface area contributed by atoms with Gasteiger partial charge in [0.25, 0.3) is 0 Å². The number of benzene rings is 1. The maximum Gasteiger partial charge on any atom is 0.0435 e. The van der Waals surface area contributed by atoms with E-state index in [0.29, 0.717) is 10.7 Å². The number of halogens is 2. The molecule has 0 aliphatic carbocycles. The lowest BCUT2D eigenvalue weighted by Crippen LogP contribution is -2.09. The molecule has 0 nitrogen and oxygen atoms in total. The zero-order valence-electron chi connectivity index (χ0n) is 8.85. The normalized spacial score (nSPS) is 15.2. The second-order valence-electron chi connectivity index (χ2n) is 3.94. The summed E-state index contributed by atoms with van der Waals surface area (Å²) in [4.78, 5) is 0.554. The molecule has 2 unspecified atom stereocenters. The van der Waals surface area contributed by atoms with Crippen LogP contribution in [-0.2, 0) is 6.42 Å². The van der Waals surface area contributed by atoms with E-state index in [-0.39, 0.29) is 0 Å². The molecule has 2 heteroatoms. The van der Waals surface area contributed by atoms with E-state index in [9.17, 15) is 0 Å². The molecule has 14 heavy (non-hydrogen) atoms. The molecule has 0 aliphatic heterocycles. The van der Waals surface area contributed by atoms with E-state index < -0.39 is 0 Å². The van der Waals surface area contributed by atoms with Gasteiger partial charge in [-0.15, -0.1) is 0 Å². The van der Waals surface area contributed by atoms with Crippen molar-refractivity contribution in [3.63, 3.8) is 0 Å². The molecule has 0 aromatic heterocycles. The first kappa shape index (κ1) is 12.1. The van der Waals surface area contributed by atoms with Gasteiger partial charge in [-0.3, -0.25) is 0 Å². The molecule has 0 bridgehead atoms. The molecular formula is C12H16BrCl. The third-order valence-electron chi connectivity index (χ3n) is 2.56. The highest BCUT2D eigenvalue weighted by Crippen LogP contribution is 2.21. The fraction of sp³-hybridized carbons (Fsp3) is 0.500. The number of alkyl halides is 1. The zero-order chi connectivity index (χ0) is 10.7. The van der Waals surface area contributed by atoms with Crippen molar-refractivity contribution in [2.45, 2.75) is 32.0 Å². The zero-order valence-corrected chi connectivity index (χ0v) is 11.2. The highest BCUT2D eigenvalue weighted by atomic mass is 79.9. The predicted octanol–water partition coefficient (Wildman–Crippen LogP) is 4.61. The summed E-state index contributed by atoms with van der Waals surface area (Å²) < 4.78 is 0. The van der Waals surface area contributed by atoms with E-state index in [1.54, 1.807) is 0 Å². The summed E-state index contributed by atoms with van der Waals surface area (Å²) in [5, 5.41) is 0.855. The van der Waals surface area contributed by atoms with Gasteiger partial charge in [0.15, 0.2) is 0 Å². The second-order valence-corrected chi connectivity index (χ2v) is 5.79.